The Hall–Kier alpha value is -3.22. The smallest absolute Gasteiger partial charge is 0.254 e. The van der Waals surface area contributed by atoms with Crippen LogP contribution in [0.1, 0.15) is 15.9 Å². The van der Waals surface area contributed by atoms with Gasteiger partial charge in [0.15, 0.2) is 17.2 Å². The topological polar surface area (TPSA) is 101 Å². The fourth-order valence-electron chi connectivity index (χ4n) is 2.95. The summed E-state index contributed by atoms with van der Waals surface area (Å²) in [5.74, 6) is -2.11. The molecular formula is C19H20N2O5. The molecule has 1 aliphatic rings. The molecule has 0 unspecified atom stereocenters. The molecule has 0 bridgehead atoms. The van der Waals surface area contributed by atoms with Gasteiger partial charge in [-0.25, -0.2) is 0 Å². The molecule has 7 heteroatoms. The van der Waals surface area contributed by atoms with Gasteiger partial charge in [0.05, 0.1) is 6.42 Å². The number of phenolic OH excluding ortho intramolecular Hbond substituents is 3. The second-order valence-electron chi connectivity index (χ2n) is 6.20. The van der Waals surface area contributed by atoms with Gasteiger partial charge in [0.25, 0.3) is 5.91 Å². The molecule has 7 nitrogen and oxygen atoms in total. The zero-order valence-corrected chi connectivity index (χ0v) is 14.1. The largest absolute Gasteiger partial charge is 0.504 e. The third-order valence-electron chi connectivity index (χ3n) is 4.43. The second-order valence-corrected chi connectivity index (χ2v) is 6.20. The number of rotatable bonds is 3. The van der Waals surface area contributed by atoms with Crippen LogP contribution in [-0.4, -0.2) is 63.1 Å². The molecule has 2 aromatic carbocycles. The van der Waals surface area contributed by atoms with Crippen LogP contribution in [0.2, 0.25) is 0 Å². The number of hydrogen-bond donors (Lipinski definition) is 3. The van der Waals surface area contributed by atoms with Gasteiger partial charge < -0.3 is 25.1 Å². The summed E-state index contributed by atoms with van der Waals surface area (Å²) in [7, 11) is 0. The Morgan fingerprint density at radius 1 is 0.846 bits per heavy atom. The molecule has 0 atom stereocenters. The van der Waals surface area contributed by atoms with E-state index in [0.717, 1.165) is 17.7 Å². The lowest BCUT2D eigenvalue weighted by atomic mass is 10.1. The summed E-state index contributed by atoms with van der Waals surface area (Å²) in [6.45, 7) is 1.57. The minimum absolute atomic E-state index is 0.0169. The van der Waals surface area contributed by atoms with Crippen LogP contribution in [0.15, 0.2) is 42.5 Å². The Labute approximate surface area is 150 Å². The van der Waals surface area contributed by atoms with Crippen LogP contribution >= 0.6 is 0 Å². The molecule has 3 rings (SSSR count). The first kappa shape index (κ1) is 17.6. The van der Waals surface area contributed by atoms with E-state index < -0.39 is 17.2 Å². The van der Waals surface area contributed by atoms with Crippen molar-refractivity contribution in [2.24, 2.45) is 0 Å². The SMILES string of the molecule is O=C(Cc1ccccc1)N1CCN(C(=O)c2cc(O)c(O)c(O)c2)CC1. The molecule has 0 saturated carbocycles. The molecule has 0 aromatic heterocycles. The molecule has 1 saturated heterocycles. The Morgan fingerprint density at radius 2 is 1.38 bits per heavy atom. The average Bonchev–Trinajstić information content (AvgIpc) is 2.66. The van der Waals surface area contributed by atoms with Crippen molar-refractivity contribution in [3.05, 3.63) is 53.6 Å². The van der Waals surface area contributed by atoms with Gasteiger partial charge in [-0.05, 0) is 17.7 Å². The van der Waals surface area contributed by atoms with Gasteiger partial charge in [-0.2, -0.15) is 0 Å². The maximum absolute atomic E-state index is 12.5. The van der Waals surface area contributed by atoms with Crippen LogP contribution in [0.25, 0.3) is 0 Å². The molecule has 0 radical (unpaired) electrons. The van der Waals surface area contributed by atoms with Crippen molar-refractivity contribution in [1.29, 1.82) is 0 Å². The van der Waals surface area contributed by atoms with Crippen molar-refractivity contribution >= 4 is 11.8 Å². The molecule has 26 heavy (non-hydrogen) atoms. The summed E-state index contributed by atoms with van der Waals surface area (Å²) in [6.07, 6.45) is 0.328. The Balaban J connectivity index is 1.59. The molecule has 2 aromatic rings. The van der Waals surface area contributed by atoms with E-state index in [1.807, 2.05) is 30.3 Å². The predicted octanol–water partition coefficient (Wildman–Crippen LogP) is 1.33. The molecule has 136 valence electrons. The van der Waals surface area contributed by atoms with E-state index in [9.17, 15) is 24.9 Å². The highest BCUT2D eigenvalue weighted by Crippen LogP contribution is 2.35. The number of carbonyl (C=O) groups is 2. The average molecular weight is 356 g/mol. The summed E-state index contributed by atoms with van der Waals surface area (Å²) < 4.78 is 0. The second kappa shape index (κ2) is 7.35. The van der Waals surface area contributed by atoms with Crippen molar-refractivity contribution in [1.82, 2.24) is 9.80 Å². The van der Waals surface area contributed by atoms with Crippen molar-refractivity contribution in [2.75, 3.05) is 26.2 Å². The minimum Gasteiger partial charge on any atom is -0.504 e. The highest BCUT2D eigenvalue weighted by Gasteiger charge is 2.26. The van der Waals surface area contributed by atoms with E-state index in [1.165, 1.54) is 0 Å². The first-order valence-corrected chi connectivity index (χ1v) is 8.31. The van der Waals surface area contributed by atoms with Crippen LogP contribution in [-0.2, 0) is 11.2 Å². The monoisotopic (exact) mass is 356 g/mol. The van der Waals surface area contributed by atoms with Crippen LogP contribution in [0.3, 0.4) is 0 Å². The van der Waals surface area contributed by atoms with Gasteiger partial charge in [-0.15, -0.1) is 0 Å². The number of phenols is 3. The summed E-state index contributed by atoms with van der Waals surface area (Å²) >= 11 is 0. The summed E-state index contributed by atoms with van der Waals surface area (Å²) in [4.78, 5) is 28.1. The lowest BCUT2D eigenvalue weighted by Crippen LogP contribution is -2.51. The van der Waals surface area contributed by atoms with Crippen molar-refractivity contribution in [2.45, 2.75) is 6.42 Å². The highest BCUT2D eigenvalue weighted by atomic mass is 16.3. The number of amides is 2. The highest BCUT2D eigenvalue weighted by molar-refractivity contribution is 5.95. The maximum atomic E-state index is 12.5. The van der Waals surface area contributed by atoms with Crippen molar-refractivity contribution < 1.29 is 24.9 Å². The van der Waals surface area contributed by atoms with Crippen LogP contribution < -0.4 is 0 Å². The number of nitrogens with zero attached hydrogens (tertiary/aromatic N) is 2. The number of benzene rings is 2. The zero-order chi connectivity index (χ0) is 18.7. The summed E-state index contributed by atoms with van der Waals surface area (Å²) in [5.41, 5.74) is 1.04. The number of aromatic hydroxyl groups is 3. The fraction of sp³-hybridized carbons (Fsp3) is 0.263. The lowest BCUT2D eigenvalue weighted by molar-refractivity contribution is -0.131. The Morgan fingerprint density at radius 3 is 1.96 bits per heavy atom. The molecule has 2 amide bonds. The molecule has 1 fully saturated rings. The van der Waals surface area contributed by atoms with Crippen LogP contribution in [0.4, 0.5) is 0 Å². The Bertz CT molecular complexity index is 791. The zero-order valence-electron chi connectivity index (χ0n) is 14.1. The molecule has 1 aliphatic heterocycles. The Kier molecular flexibility index (Phi) is 4.97. The standard InChI is InChI=1S/C19H20N2O5/c22-15-11-14(12-16(23)18(15)25)19(26)21-8-6-20(7-9-21)17(24)10-13-4-2-1-3-5-13/h1-5,11-12,22-23,25H,6-10H2. The van der Waals surface area contributed by atoms with Gasteiger partial charge in [-0.1, -0.05) is 30.3 Å². The third kappa shape index (κ3) is 3.72. The van der Waals surface area contributed by atoms with E-state index in [-0.39, 0.29) is 17.4 Å². The summed E-state index contributed by atoms with van der Waals surface area (Å²) in [6, 6.07) is 11.7. The van der Waals surface area contributed by atoms with Gasteiger partial charge in [0.2, 0.25) is 5.91 Å². The van der Waals surface area contributed by atoms with Crippen molar-refractivity contribution in [3.63, 3.8) is 0 Å². The summed E-state index contributed by atoms with van der Waals surface area (Å²) in [5, 5.41) is 28.5. The van der Waals surface area contributed by atoms with E-state index in [1.54, 1.807) is 9.80 Å². The van der Waals surface area contributed by atoms with Gasteiger partial charge in [0, 0.05) is 31.7 Å². The quantitative estimate of drug-likeness (QED) is 0.720. The van der Waals surface area contributed by atoms with E-state index in [2.05, 4.69) is 0 Å². The lowest BCUT2D eigenvalue weighted by Gasteiger charge is -2.35. The predicted molar refractivity (Wildman–Crippen MR) is 94.1 cm³/mol. The fourth-order valence-corrected chi connectivity index (χ4v) is 2.95. The first-order valence-electron chi connectivity index (χ1n) is 8.31. The van der Waals surface area contributed by atoms with Gasteiger partial charge in [0.1, 0.15) is 0 Å². The first-order chi connectivity index (χ1) is 12.5. The molecule has 1 heterocycles. The maximum Gasteiger partial charge on any atom is 0.254 e. The van der Waals surface area contributed by atoms with E-state index >= 15 is 0 Å². The number of hydrogen-bond acceptors (Lipinski definition) is 5. The van der Waals surface area contributed by atoms with Gasteiger partial charge >= 0.3 is 0 Å². The van der Waals surface area contributed by atoms with Crippen LogP contribution in [0.5, 0.6) is 17.2 Å². The molecule has 0 aliphatic carbocycles. The number of carbonyl (C=O) groups excluding carboxylic acids is 2. The van der Waals surface area contributed by atoms with E-state index in [0.29, 0.717) is 32.6 Å². The molecule has 3 N–H and O–H groups in total. The van der Waals surface area contributed by atoms with E-state index in [4.69, 9.17) is 0 Å². The van der Waals surface area contributed by atoms with Gasteiger partial charge in [-0.3, -0.25) is 9.59 Å². The third-order valence-corrected chi connectivity index (χ3v) is 4.43. The molecular weight excluding hydrogens is 336 g/mol. The normalized spacial score (nSPS) is 14.3. The van der Waals surface area contributed by atoms with Crippen LogP contribution in [0, 0.1) is 0 Å². The minimum atomic E-state index is -0.655. The molecule has 0 spiro atoms. The number of piperazine rings is 1. The van der Waals surface area contributed by atoms with Crippen molar-refractivity contribution in [3.8, 4) is 17.2 Å².